The van der Waals surface area contributed by atoms with E-state index in [2.05, 4.69) is 27.3 Å². The third kappa shape index (κ3) is 6.26. The van der Waals surface area contributed by atoms with Gasteiger partial charge in [0.15, 0.2) is 0 Å². The molecule has 0 saturated carbocycles. The van der Waals surface area contributed by atoms with Crippen molar-refractivity contribution in [3.8, 4) is 0 Å². The van der Waals surface area contributed by atoms with E-state index in [1.165, 1.54) is 18.4 Å². The molecule has 0 spiro atoms. The lowest BCUT2D eigenvalue weighted by molar-refractivity contribution is -0.126. The summed E-state index contributed by atoms with van der Waals surface area (Å²) in [6.45, 7) is 5.56. The molecule has 1 amide bonds. The van der Waals surface area contributed by atoms with Crippen LogP contribution in [0.5, 0.6) is 0 Å². The number of benzene rings is 1. The van der Waals surface area contributed by atoms with E-state index in [1.54, 1.807) is 11.8 Å². The molecule has 2 aliphatic heterocycles. The molecule has 0 aliphatic carbocycles. The zero-order valence-corrected chi connectivity index (χ0v) is 19.0. The maximum atomic E-state index is 14.5. The number of nitrogens with zero attached hydrogens (tertiary/aromatic N) is 3. The van der Waals surface area contributed by atoms with E-state index < -0.39 is 18.6 Å². The minimum absolute atomic E-state index is 0.207. The molecule has 9 heteroatoms. The second-order valence-electron chi connectivity index (χ2n) is 8.51. The molecule has 32 heavy (non-hydrogen) atoms. The summed E-state index contributed by atoms with van der Waals surface area (Å²) >= 11 is 0. The van der Waals surface area contributed by atoms with Gasteiger partial charge < -0.3 is 20.7 Å². The van der Waals surface area contributed by atoms with Crippen LogP contribution in [0, 0.1) is 5.41 Å². The number of carbonyl (C=O) groups excluding carboxylic acids is 1. The summed E-state index contributed by atoms with van der Waals surface area (Å²) in [6, 6.07) is 6.62. The van der Waals surface area contributed by atoms with Crippen LogP contribution < -0.4 is 11.1 Å². The van der Waals surface area contributed by atoms with Crippen LogP contribution in [0.15, 0.2) is 29.3 Å². The molecule has 2 aliphatic rings. The van der Waals surface area contributed by atoms with Gasteiger partial charge >= 0.3 is 0 Å². The van der Waals surface area contributed by atoms with Crippen LogP contribution in [0.4, 0.5) is 4.39 Å². The number of hydrogen-bond acceptors (Lipinski definition) is 5. The summed E-state index contributed by atoms with van der Waals surface area (Å²) in [4.78, 5) is 20.8. The monoisotopic (exact) mass is 446 g/mol. The summed E-state index contributed by atoms with van der Waals surface area (Å²) in [7, 11) is 0. The molecular weight excluding hydrogens is 411 g/mol. The number of piperazine rings is 1. The average molecular weight is 447 g/mol. The number of nitrogens with two attached hydrogens (primary N) is 1. The number of hydrogen-bond donors (Lipinski definition) is 3. The van der Waals surface area contributed by atoms with Crippen LogP contribution in [0.1, 0.15) is 50.7 Å². The van der Waals surface area contributed by atoms with Crippen molar-refractivity contribution in [2.24, 2.45) is 10.7 Å². The van der Waals surface area contributed by atoms with Gasteiger partial charge in [0.1, 0.15) is 23.8 Å². The minimum atomic E-state index is -1.88. The predicted octanol–water partition coefficient (Wildman–Crippen LogP) is 2.38. The van der Waals surface area contributed by atoms with E-state index in [-0.39, 0.29) is 24.2 Å². The van der Waals surface area contributed by atoms with Gasteiger partial charge in [0.25, 0.3) is 6.48 Å². The SMILES string of the molecule is CCCCOC(F)N=C1C(C(=N)N)NC(=O)C(C)N1Cc1cccc(CN2CCCC2)c1. The number of nitrogens with one attached hydrogen (secondary N) is 2. The lowest BCUT2D eigenvalue weighted by atomic mass is 10.0. The van der Waals surface area contributed by atoms with Gasteiger partial charge in [-0.1, -0.05) is 37.6 Å². The molecule has 3 rings (SSSR count). The molecule has 2 fully saturated rings. The molecule has 1 aromatic carbocycles. The van der Waals surface area contributed by atoms with Crippen LogP contribution in [-0.2, 0) is 22.6 Å². The Morgan fingerprint density at radius 2 is 2.03 bits per heavy atom. The highest BCUT2D eigenvalue weighted by Gasteiger charge is 2.38. The topological polar surface area (TPSA) is 107 Å². The normalized spacial score (nSPS) is 24.0. The molecule has 4 N–H and O–H groups in total. The molecular formula is C23H35FN6O2. The maximum absolute atomic E-state index is 14.5. The Kier molecular flexibility index (Phi) is 8.58. The van der Waals surface area contributed by atoms with Gasteiger partial charge in [0, 0.05) is 13.1 Å². The number of rotatable bonds is 10. The number of amidine groups is 2. The van der Waals surface area contributed by atoms with Crippen molar-refractivity contribution >= 4 is 17.6 Å². The highest BCUT2D eigenvalue weighted by Crippen LogP contribution is 2.20. The van der Waals surface area contributed by atoms with E-state index in [0.717, 1.165) is 38.0 Å². The zero-order chi connectivity index (χ0) is 23.1. The fraction of sp³-hybridized carbons (Fsp3) is 0.609. The zero-order valence-electron chi connectivity index (χ0n) is 19.0. The molecule has 2 heterocycles. The van der Waals surface area contributed by atoms with Crippen LogP contribution in [0.25, 0.3) is 0 Å². The Balaban J connectivity index is 1.82. The van der Waals surface area contributed by atoms with Crippen molar-refractivity contribution in [3.63, 3.8) is 0 Å². The van der Waals surface area contributed by atoms with Crippen LogP contribution in [0.3, 0.4) is 0 Å². The molecule has 3 atom stereocenters. The van der Waals surface area contributed by atoms with E-state index in [0.29, 0.717) is 6.54 Å². The van der Waals surface area contributed by atoms with Gasteiger partial charge in [0.05, 0.1) is 6.61 Å². The van der Waals surface area contributed by atoms with Gasteiger partial charge in [-0.15, -0.1) is 0 Å². The summed E-state index contributed by atoms with van der Waals surface area (Å²) < 4.78 is 19.7. The van der Waals surface area contributed by atoms with Crippen LogP contribution in [0.2, 0.25) is 0 Å². The number of halogens is 1. The van der Waals surface area contributed by atoms with Crippen molar-refractivity contribution in [2.45, 2.75) is 71.2 Å². The highest BCUT2D eigenvalue weighted by molar-refractivity contribution is 6.13. The summed E-state index contributed by atoms with van der Waals surface area (Å²) in [5.74, 6) is -0.365. The van der Waals surface area contributed by atoms with Gasteiger partial charge in [-0.05, 0) is 50.4 Å². The van der Waals surface area contributed by atoms with Gasteiger partial charge in [0.2, 0.25) is 5.91 Å². The quantitative estimate of drug-likeness (QED) is 0.221. The first-order chi connectivity index (χ1) is 15.4. The number of aliphatic imine (C=N–C) groups is 1. The van der Waals surface area contributed by atoms with Gasteiger partial charge in [-0.2, -0.15) is 4.39 Å². The first-order valence-corrected chi connectivity index (χ1v) is 11.4. The molecule has 2 saturated heterocycles. The first-order valence-electron chi connectivity index (χ1n) is 11.4. The maximum Gasteiger partial charge on any atom is 0.297 e. The van der Waals surface area contributed by atoms with E-state index in [1.807, 2.05) is 19.1 Å². The number of likely N-dealkylation sites (tertiary alicyclic amines) is 1. The third-order valence-corrected chi connectivity index (χ3v) is 5.93. The van der Waals surface area contributed by atoms with Crippen molar-refractivity contribution in [1.82, 2.24) is 15.1 Å². The lowest BCUT2D eigenvalue weighted by Crippen LogP contribution is -2.65. The molecule has 0 radical (unpaired) electrons. The van der Waals surface area contributed by atoms with Crippen LogP contribution in [-0.4, -0.2) is 65.6 Å². The number of unbranched alkanes of at least 4 members (excludes halogenated alkanes) is 1. The van der Waals surface area contributed by atoms with Gasteiger partial charge in [-0.3, -0.25) is 15.1 Å². The second kappa shape index (κ2) is 11.4. The second-order valence-corrected chi connectivity index (χ2v) is 8.51. The fourth-order valence-corrected chi connectivity index (χ4v) is 4.10. The Morgan fingerprint density at radius 1 is 1.34 bits per heavy atom. The third-order valence-electron chi connectivity index (χ3n) is 5.93. The minimum Gasteiger partial charge on any atom is -0.386 e. The largest absolute Gasteiger partial charge is 0.386 e. The number of ether oxygens (including phenoxy) is 1. The van der Waals surface area contributed by atoms with Crippen molar-refractivity contribution in [3.05, 3.63) is 35.4 Å². The van der Waals surface area contributed by atoms with E-state index in [4.69, 9.17) is 15.9 Å². The van der Waals surface area contributed by atoms with Crippen molar-refractivity contribution in [1.29, 1.82) is 5.41 Å². The summed E-state index contributed by atoms with van der Waals surface area (Å²) in [5.41, 5.74) is 7.91. The lowest BCUT2D eigenvalue weighted by Gasteiger charge is -2.40. The highest BCUT2D eigenvalue weighted by atomic mass is 19.1. The standard InChI is InChI=1S/C23H35FN6O2/c1-3-4-12-32-23(24)28-21-19(20(25)26)27-22(31)16(2)30(21)15-18-9-7-8-17(13-18)14-29-10-5-6-11-29/h7-9,13,16,19,23H,3-6,10-12,14-15H2,1-2H3,(H3,25,26)(H,27,31). The Hall–Kier alpha value is -2.52. The number of alkyl halides is 1. The molecule has 3 unspecified atom stereocenters. The Morgan fingerprint density at radius 3 is 2.69 bits per heavy atom. The smallest absolute Gasteiger partial charge is 0.297 e. The van der Waals surface area contributed by atoms with Crippen LogP contribution >= 0.6 is 0 Å². The number of carbonyl (C=O) groups is 1. The fourth-order valence-electron chi connectivity index (χ4n) is 4.10. The first kappa shape index (κ1) is 24.1. The molecule has 0 aromatic heterocycles. The summed E-state index contributed by atoms with van der Waals surface area (Å²) in [6.07, 6.45) is 4.07. The Labute approximate surface area is 189 Å². The Bertz CT molecular complexity index is 826. The number of amides is 1. The van der Waals surface area contributed by atoms with Crippen molar-refractivity contribution in [2.75, 3.05) is 19.7 Å². The summed E-state index contributed by atoms with van der Waals surface area (Å²) in [5, 5.41) is 10.6. The molecule has 8 nitrogen and oxygen atoms in total. The molecule has 176 valence electrons. The average Bonchev–Trinajstić information content (AvgIpc) is 3.26. The van der Waals surface area contributed by atoms with E-state index >= 15 is 0 Å². The van der Waals surface area contributed by atoms with E-state index in [9.17, 15) is 9.18 Å². The predicted molar refractivity (Wildman–Crippen MR) is 123 cm³/mol. The molecule has 0 bridgehead atoms. The van der Waals surface area contributed by atoms with Crippen molar-refractivity contribution < 1.29 is 13.9 Å². The van der Waals surface area contributed by atoms with Gasteiger partial charge in [-0.25, -0.2) is 4.99 Å². The molecule has 1 aromatic rings.